The molecule has 0 bridgehead atoms. The maximum absolute atomic E-state index is 13.7. The molecule has 0 saturated carbocycles. The number of benzene rings is 1. The Hall–Kier alpha value is -1.18. The van der Waals surface area contributed by atoms with E-state index in [4.69, 9.17) is 0 Å². The Morgan fingerprint density at radius 3 is 2.29 bits per heavy atom. The summed E-state index contributed by atoms with van der Waals surface area (Å²) in [5.41, 5.74) is 1.82. The summed E-state index contributed by atoms with van der Waals surface area (Å²) in [7, 11) is -3.18. The average Bonchev–Trinajstić information content (AvgIpc) is 2.40. The number of aliphatic hydroxyl groups excluding tert-OH is 1. The van der Waals surface area contributed by atoms with Crippen molar-refractivity contribution in [3.05, 3.63) is 29.1 Å². The normalized spacial score (nSPS) is 18.8. The Kier molecular flexibility index (Phi) is 4.55. The molecule has 21 heavy (non-hydrogen) atoms. The highest BCUT2D eigenvalue weighted by molar-refractivity contribution is 7.88. The molecule has 0 aliphatic carbocycles. The van der Waals surface area contributed by atoms with E-state index < -0.39 is 16.1 Å². The van der Waals surface area contributed by atoms with Crippen LogP contribution in [0.4, 0.5) is 10.1 Å². The highest BCUT2D eigenvalue weighted by Crippen LogP contribution is 2.30. The second-order valence-electron chi connectivity index (χ2n) is 5.49. The second kappa shape index (κ2) is 5.90. The number of aliphatic hydroxyl groups is 1. The zero-order valence-corrected chi connectivity index (χ0v) is 13.3. The largest absolute Gasteiger partial charge is 0.389 e. The number of rotatable bonds is 3. The number of sulfonamides is 1. The summed E-state index contributed by atoms with van der Waals surface area (Å²) in [5.74, 6) is -0.343. The number of hydrogen-bond donors (Lipinski definition) is 1. The van der Waals surface area contributed by atoms with Gasteiger partial charge in [0.2, 0.25) is 10.0 Å². The number of halogens is 1. The highest BCUT2D eigenvalue weighted by Gasteiger charge is 2.25. The molecule has 1 atom stereocenters. The van der Waals surface area contributed by atoms with Crippen LogP contribution in [0.1, 0.15) is 24.2 Å². The predicted octanol–water partition coefficient (Wildman–Crippen LogP) is 1.27. The van der Waals surface area contributed by atoms with Crippen LogP contribution in [-0.4, -0.2) is 50.3 Å². The zero-order valence-electron chi connectivity index (χ0n) is 12.5. The first-order valence-corrected chi connectivity index (χ1v) is 8.73. The molecule has 0 radical (unpaired) electrons. The minimum atomic E-state index is -3.18. The molecule has 5 nitrogen and oxygen atoms in total. The molecule has 1 N–H and O–H groups in total. The topological polar surface area (TPSA) is 60.9 Å². The van der Waals surface area contributed by atoms with Gasteiger partial charge in [-0.1, -0.05) is 0 Å². The lowest BCUT2D eigenvalue weighted by Gasteiger charge is -2.36. The van der Waals surface area contributed by atoms with Crippen LogP contribution in [0.15, 0.2) is 12.1 Å². The van der Waals surface area contributed by atoms with Gasteiger partial charge in [-0.2, -0.15) is 4.31 Å². The van der Waals surface area contributed by atoms with Gasteiger partial charge in [0.25, 0.3) is 0 Å². The van der Waals surface area contributed by atoms with E-state index >= 15 is 0 Å². The lowest BCUT2D eigenvalue weighted by atomic mass is 10.0. The molecule has 1 aromatic carbocycles. The number of anilines is 1. The quantitative estimate of drug-likeness (QED) is 0.912. The third-order valence-electron chi connectivity index (χ3n) is 3.81. The predicted molar refractivity (Wildman–Crippen MR) is 80.4 cm³/mol. The van der Waals surface area contributed by atoms with E-state index in [1.165, 1.54) is 16.6 Å². The SMILES string of the molecule is Cc1cc(N2CCN(S(C)(=O)=O)CC2)c([C@H](C)O)cc1F. The van der Waals surface area contributed by atoms with E-state index in [0.29, 0.717) is 37.3 Å². The van der Waals surface area contributed by atoms with Gasteiger partial charge in [-0.05, 0) is 31.5 Å². The first kappa shape index (κ1) is 16.2. The maximum atomic E-state index is 13.7. The van der Waals surface area contributed by atoms with Crippen LogP contribution in [0.5, 0.6) is 0 Å². The van der Waals surface area contributed by atoms with E-state index in [0.717, 1.165) is 5.69 Å². The smallest absolute Gasteiger partial charge is 0.211 e. The van der Waals surface area contributed by atoms with E-state index in [9.17, 15) is 17.9 Å². The minimum Gasteiger partial charge on any atom is -0.389 e. The fraction of sp³-hybridized carbons (Fsp3) is 0.571. The second-order valence-corrected chi connectivity index (χ2v) is 7.47. The number of nitrogens with zero attached hydrogens (tertiary/aromatic N) is 2. The Morgan fingerprint density at radius 1 is 1.24 bits per heavy atom. The van der Waals surface area contributed by atoms with Gasteiger partial charge in [0, 0.05) is 37.4 Å². The van der Waals surface area contributed by atoms with Crippen molar-refractivity contribution >= 4 is 15.7 Å². The number of piperazine rings is 1. The van der Waals surface area contributed by atoms with Crippen molar-refractivity contribution in [2.45, 2.75) is 20.0 Å². The molecule has 2 rings (SSSR count). The molecule has 1 heterocycles. The molecule has 118 valence electrons. The van der Waals surface area contributed by atoms with E-state index in [1.807, 2.05) is 4.90 Å². The minimum absolute atomic E-state index is 0.343. The van der Waals surface area contributed by atoms with Crippen LogP contribution < -0.4 is 4.90 Å². The Labute approximate surface area is 125 Å². The monoisotopic (exact) mass is 316 g/mol. The van der Waals surface area contributed by atoms with Crippen molar-refractivity contribution in [1.29, 1.82) is 0 Å². The van der Waals surface area contributed by atoms with Gasteiger partial charge in [-0.15, -0.1) is 0 Å². The summed E-state index contributed by atoms with van der Waals surface area (Å²) in [6.07, 6.45) is 0.425. The van der Waals surface area contributed by atoms with Crippen LogP contribution >= 0.6 is 0 Å². The van der Waals surface area contributed by atoms with Crippen LogP contribution in [0.3, 0.4) is 0 Å². The average molecular weight is 316 g/mol. The first-order valence-electron chi connectivity index (χ1n) is 6.88. The summed E-state index contributed by atoms with van der Waals surface area (Å²) in [4.78, 5) is 2.00. The lowest BCUT2D eigenvalue weighted by molar-refractivity contribution is 0.199. The van der Waals surface area contributed by atoms with E-state index in [-0.39, 0.29) is 5.82 Å². The molecular formula is C14H21FN2O3S. The standard InChI is InChI=1S/C14H21FN2O3S/c1-10-8-14(12(11(2)18)9-13(10)15)16-4-6-17(7-5-16)21(3,19)20/h8-9,11,18H,4-7H2,1-3H3/t11-/m0/s1. The van der Waals surface area contributed by atoms with Gasteiger partial charge in [0.15, 0.2) is 0 Å². The first-order chi connectivity index (χ1) is 9.70. The van der Waals surface area contributed by atoms with Crippen LogP contribution in [0, 0.1) is 12.7 Å². The van der Waals surface area contributed by atoms with Crippen molar-refractivity contribution in [2.24, 2.45) is 0 Å². The molecule has 0 amide bonds. The summed E-state index contributed by atoms with van der Waals surface area (Å²) in [5, 5.41) is 9.83. The fourth-order valence-corrected chi connectivity index (χ4v) is 3.38. The van der Waals surface area contributed by atoms with E-state index in [1.54, 1.807) is 19.9 Å². The summed E-state index contributed by atoms with van der Waals surface area (Å²) < 4.78 is 38.2. The Bertz CT molecular complexity index is 623. The number of aryl methyl sites for hydroxylation is 1. The maximum Gasteiger partial charge on any atom is 0.211 e. The molecule has 0 unspecified atom stereocenters. The Morgan fingerprint density at radius 2 is 1.81 bits per heavy atom. The molecule has 1 aliphatic rings. The van der Waals surface area contributed by atoms with Crippen LogP contribution in [-0.2, 0) is 10.0 Å². The molecule has 1 aromatic rings. The third kappa shape index (κ3) is 3.53. The molecule has 0 aromatic heterocycles. The van der Waals surface area contributed by atoms with Crippen molar-refractivity contribution in [1.82, 2.24) is 4.31 Å². The molecule has 1 aliphatic heterocycles. The van der Waals surface area contributed by atoms with E-state index in [2.05, 4.69) is 0 Å². The van der Waals surface area contributed by atoms with Gasteiger partial charge >= 0.3 is 0 Å². The zero-order chi connectivity index (χ0) is 15.8. The highest BCUT2D eigenvalue weighted by atomic mass is 32.2. The van der Waals surface area contributed by atoms with Crippen molar-refractivity contribution in [3.8, 4) is 0 Å². The van der Waals surface area contributed by atoms with Gasteiger partial charge in [-0.25, -0.2) is 12.8 Å². The number of hydrogen-bond acceptors (Lipinski definition) is 4. The van der Waals surface area contributed by atoms with Crippen molar-refractivity contribution in [2.75, 3.05) is 37.3 Å². The summed E-state index contributed by atoms with van der Waals surface area (Å²) >= 11 is 0. The molecule has 1 fully saturated rings. The van der Waals surface area contributed by atoms with Crippen LogP contribution in [0.25, 0.3) is 0 Å². The van der Waals surface area contributed by atoms with Gasteiger partial charge in [-0.3, -0.25) is 0 Å². The lowest BCUT2D eigenvalue weighted by Crippen LogP contribution is -2.48. The van der Waals surface area contributed by atoms with Crippen LogP contribution in [0.2, 0.25) is 0 Å². The van der Waals surface area contributed by atoms with Gasteiger partial charge < -0.3 is 10.0 Å². The molecule has 0 spiro atoms. The van der Waals surface area contributed by atoms with Gasteiger partial charge in [0.05, 0.1) is 12.4 Å². The van der Waals surface area contributed by atoms with Crippen molar-refractivity contribution < 1.29 is 17.9 Å². The molecule has 1 saturated heterocycles. The van der Waals surface area contributed by atoms with Crippen molar-refractivity contribution in [3.63, 3.8) is 0 Å². The third-order valence-corrected chi connectivity index (χ3v) is 5.11. The Balaban J connectivity index is 2.26. The molecular weight excluding hydrogens is 295 g/mol. The summed E-state index contributed by atoms with van der Waals surface area (Å²) in [6, 6.07) is 3.08. The summed E-state index contributed by atoms with van der Waals surface area (Å²) in [6.45, 7) is 5.12. The van der Waals surface area contributed by atoms with Gasteiger partial charge in [0.1, 0.15) is 5.82 Å². The molecule has 7 heteroatoms. The fourth-order valence-electron chi connectivity index (χ4n) is 2.55.